The number of nitriles is 1. The van der Waals surface area contributed by atoms with Crippen molar-refractivity contribution in [1.82, 2.24) is 14.9 Å². The van der Waals surface area contributed by atoms with Gasteiger partial charge in [-0.05, 0) is 6.42 Å². The minimum absolute atomic E-state index is 0.0322. The van der Waals surface area contributed by atoms with Gasteiger partial charge in [0, 0.05) is 38.6 Å². The Hall–Kier alpha value is -2.27. The molecule has 0 spiro atoms. The number of carbonyl (C=O) groups excluding carboxylic acids is 1. The fourth-order valence-electron chi connectivity index (χ4n) is 2.60. The van der Waals surface area contributed by atoms with Crippen molar-refractivity contribution in [2.24, 2.45) is 5.73 Å². The van der Waals surface area contributed by atoms with Gasteiger partial charge in [0.2, 0.25) is 5.91 Å². The zero-order chi connectivity index (χ0) is 15.4. The van der Waals surface area contributed by atoms with Crippen molar-refractivity contribution >= 4 is 11.7 Å². The number of hydrogen-bond donors (Lipinski definition) is 1. The van der Waals surface area contributed by atoms with Gasteiger partial charge in [0.15, 0.2) is 11.5 Å². The van der Waals surface area contributed by atoms with Crippen LogP contribution in [0.3, 0.4) is 0 Å². The second-order valence-corrected chi connectivity index (χ2v) is 5.10. The molecule has 8 heteroatoms. The summed E-state index contributed by atoms with van der Waals surface area (Å²) in [5.41, 5.74) is 5.40. The van der Waals surface area contributed by atoms with Crippen LogP contribution < -0.4 is 10.6 Å². The first-order chi connectivity index (χ1) is 10.0. The summed E-state index contributed by atoms with van der Waals surface area (Å²) in [6.45, 7) is 0.679. The van der Waals surface area contributed by atoms with Crippen LogP contribution >= 0.6 is 0 Å². The number of hydrogen-bond acceptors (Lipinski definition) is 6. The van der Waals surface area contributed by atoms with E-state index in [0.717, 1.165) is 0 Å². The van der Waals surface area contributed by atoms with Crippen molar-refractivity contribution in [2.45, 2.75) is 18.6 Å². The van der Waals surface area contributed by atoms with E-state index >= 15 is 0 Å². The zero-order valence-corrected chi connectivity index (χ0v) is 11.7. The Bertz CT molecular complexity index is 560. The quantitative estimate of drug-likeness (QED) is 0.798. The summed E-state index contributed by atoms with van der Waals surface area (Å²) in [5.74, 6) is -0.0321. The molecule has 0 unspecified atom stereocenters. The predicted octanol–water partition coefficient (Wildman–Crippen LogP) is -0.318. The molecule has 0 radical (unpaired) electrons. The largest absolute Gasteiger partial charge is 0.369 e. The highest BCUT2D eigenvalue weighted by Gasteiger charge is 2.33. The smallest absolute Gasteiger partial charge is 0.231 e. The number of primary amides is 1. The summed E-state index contributed by atoms with van der Waals surface area (Å²) in [7, 11) is 1.76. The van der Waals surface area contributed by atoms with Crippen LogP contribution in [0.5, 0.6) is 0 Å². The van der Waals surface area contributed by atoms with E-state index in [2.05, 4.69) is 9.97 Å². The Morgan fingerprint density at radius 2 is 2.33 bits per heavy atom. The van der Waals surface area contributed by atoms with Gasteiger partial charge in [-0.3, -0.25) is 9.69 Å². The zero-order valence-electron chi connectivity index (χ0n) is 11.7. The number of alkyl halides is 1. The van der Waals surface area contributed by atoms with Gasteiger partial charge in [-0.1, -0.05) is 0 Å². The lowest BCUT2D eigenvalue weighted by molar-refractivity contribution is -0.119. The van der Waals surface area contributed by atoms with Gasteiger partial charge in [0.05, 0.1) is 6.54 Å². The lowest BCUT2D eigenvalue weighted by atomic mass is 10.2. The number of carbonyl (C=O) groups is 1. The van der Waals surface area contributed by atoms with Gasteiger partial charge in [-0.15, -0.1) is 0 Å². The van der Waals surface area contributed by atoms with Crippen molar-refractivity contribution in [3.8, 4) is 6.07 Å². The van der Waals surface area contributed by atoms with Crippen molar-refractivity contribution in [3.63, 3.8) is 0 Å². The maximum atomic E-state index is 13.6. The normalized spacial score (nSPS) is 22.0. The lowest BCUT2D eigenvalue weighted by Crippen LogP contribution is -2.43. The third-order valence-electron chi connectivity index (χ3n) is 3.47. The van der Waals surface area contributed by atoms with Crippen molar-refractivity contribution in [2.75, 3.05) is 31.6 Å². The first kappa shape index (κ1) is 15.1. The maximum absolute atomic E-state index is 13.6. The molecule has 0 bridgehead atoms. The highest BCUT2D eigenvalue weighted by atomic mass is 19.1. The highest BCUT2D eigenvalue weighted by molar-refractivity contribution is 5.76. The fraction of sp³-hybridized carbons (Fsp3) is 0.538. The molecule has 1 aliphatic rings. The highest BCUT2D eigenvalue weighted by Crippen LogP contribution is 2.22. The third-order valence-corrected chi connectivity index (χ3v) is 3.47. The van der Waals surface area contributed by atoms with E-state index in [-0.39, 0.29) is 24.8 Å². The number of halogens is 1. The number of amides is 1. The monoisotopic (exact) mass is 292 g/mol. The van der Waals surface area contributed by atoms with Crippen molar-refractivity contribution < 1.29 is 9.18 Å². The number of aromatic nitrogens is 2. The molecule has 1 fully saturated rings. The Morgan fingerprint density at radius 3 is 3.00 bits per heavy atom. The fourth-order valence-corrected chi connectivity index (χ4v) is 2.60. The SMILES string of the molecule is CN(C[C@@H]1C[C@H](F)CN1CC(N)=O)c1nccnc1C#N. The van der Waals surface area contributed by atoms with E-state index in [9.17, 15) is 9.18 Å². The van der Waals surface area contributed by atoms with Crippen LogP contribution in [0.1, 0.15) is 12.1 Å². The maximum Gasteiger partial charge on any atom is 0.231 e. The number of likely N-dealkylation sites (tertiary alicyclic amines) is 1. The van der Waals surface area contributed by atoms with Crippen LogP contribution in [-0.4, -0.2) is 59.7 Å². The molecule has 2 rings (SSSR count). The molecule has 112 valence electrons. The van der Waals surface area contributed by atoms with Gasteiger partial charge in [-0.25, -0.2) is 14.4 Å². The summed E-state index contributed by atoms with van der Waals surface area (Å²) in [4.78, 5) is 22.6. The van der Waals surface area contributed by atoms with Crippen LogP contribution in [0.15, 0.2) is 12.4 Å². The molecular weight excluding hydrogens is 275 g/mol. The van der Waals surface area contributed by atoms with E-state index in [1.807, 2.05) is 6.07 Å². The third kappa shape index (κ3) is 3.64. The van der Waals surface area contributed by atoms with Crippen LogP contribution in [-0.2, 0) is 4.79 Å². The van der Waals surface area contributed by atoms with Gasteiger partial charge in [0.25, 0.3) is 0 Å². The van der Waals surface area contributed by atoms with Crippen LogP contribution in [0.4, 0.5) is 10.2 Å². The molecule has 1 aliphatic heterocycles. The van der Waals surface area contributed by atoms with E-state index < -0.39 is 12.1 Å². The number of anilines is 1. The van der Waals surface area contributed by atoms with Gasteiger partial charge < -0.3 is 10.6 Å². The predicted molar refractivity (Wildman–Crippen MR) is 74.1 cm³/mol. The first-order valence-corrected chi connectivity index (χ1v) is 6.60. The average molecular weight is 292 g/mol. The van der Waals surface area contributed by atoms with Crippen LogP contribution in [0, 0.1) is 11.3 Å². The van der Waals surface area contributed by atoms with E-state index in [1.54, 1.807) is 16.8 Å². The molecule has 1 aromatic rings. The van der Waals surface area contributed by atoms with E-state index in [0.29, 0.717) is 18.8 Å². The first-order valence-electron chi connectivity index (χ1n) is 6.60. The van der Waals surface area contributed by atoms with Crippen LogP contribution in [0.2, 0.25) is 0 Å². The molecule has 1 saturated heterocycles. The van der Waals surface area contributed by atoms with E-state index in [4.69, 9.17) is 11.0 Å². The number of nitrogens with two attached hydrogens (primary N) is 1. The van der Waals surface area contributed by atoms with Crippen LogP contribution in [0.25, 0.3) is 0 Å². The summed E-state index contributed by atoms with van der Waals surface area (Å²) in [5, 5.41) is 9.03. The molecule has 2 N–H and O–H groups in total. The van der Waals surface area contributed by atoms with E-state index in [1.165, 1.54) is 12.4 Å². The summed E-state index contributed by atoms with van der Waals surface area (Å²) < 4.78 is 13.6. The van der Waals surface area contributed by atoms with Crippen molar-refractivity contribution in [3.05, 3.63) is 18.1 Å². The minimum atomic E-state index is -0.972. The Kier molecular flexibility index (Phi) is 4.65. The number of nitrogens with zero attached hydrogens (tertiary/aromatic N) is 5. The Balaban J connectivity index is 2.09. The second-order valence-electron chi connectivity index (χ2n) is 5.10. The molecule has 1 aromatic heterocycles. The summed E-state index contributed by atoms with van der Waals surface area (Å²) in [6.07, 6.45) is 2.31. The summed E-state index contributed by atoms with van der Waals surface area (Å²) >= 11 is 0. The molecule has 7 nitrogen and oxygen atoms in total. The standard InChI is InChI=1S/C13H17FN6O/c1-19(13-11(5-15)17-2-3-18-13)7-10-4-9(14)6-20(10)8-12(16)21/h2-3,9-10H,4,6-8H2,1H3,(H2,16,21)/t9-,10-/m0/s1. The van der Waals surface area contributed by atoms with Crippen molar-refractivity contribution in [1.29, 1.82) is 5.26 Å². The second kappa shape index (κ2) is 6.45. The average Bonchev–Trinajstić information content (AvgIpc) is 2.77. The van der Waals surface area contributed by atoms with Gasteiger partial charge in [0.1, 0.15) is 12.2 Å². The van der Waals surface area contributed by atoms with Gasteiger partial charge >= 0.3 is 0 Å². The lowest BCUT2D eigenvalue weighted by Gasteiger charge is -2.28. The number of rotatable bonds is 5. The molecule has 2 heterocycles. The molecule has 0 aliphatic carbocycles. The molecule has 21 heavy (non-hydrogen) atoms. The number of likely N-dealkylation sites (N-methyl/N-ethyl adjacent to an activating group) is 1. The molecule has 0 saturated carbocycles. The summed E-state index contributed by atoms with van der Waals surface area (Å²) in [6, 6.07) is 1.83. The topological polar surface area (TPSA) is 99.1 Å². The molecule has 0 aromatic carbocycles. The molecule has 1 amide bonds. The molecular formula is C13H17FN6O. The minimum Gasteiger partial charge on any atom is -0.369 e. The van der Waals surface area contributed by atoms with Gasteiger partial charge in [-0.2, -0.15) is 5.26 Å². The Labute approximate surface area is 122 Å². The Morgan fingerprint density at radius 1 is 1.62 bits per heavy atom. The molecule has 2 atom stereocenters.